The zero-order valence-electron chi connectivity index (χ0n) is 10.9. The van der Waals surface area contributed by atoms with E-state index < -0.39 is 0 Å². The highest BCUT2D eigenvalue weighted by Crippen LogP contribution is 2.13. The molecular formula is C14H22N2O. The van der Waals surface area contributed by atoms with Gasteiger partial charge in [-0.1, -0.05) is 13.8 Å². The number of carbonyl (C=O) groups excluding carboxylic acids is 1. The second-order valence-corrected chi connectivity index (χ2v) is 4.75. The van der Waals surface area contributed by atoms with E-state index in [0.717, 1.165) is 17.8 Å². The number of Topliss-reactive ketones (excluding diaryl/α,β-unsaturated/α-hetero) is 1. The molecular weight excluding hydrogens is 212 g/mol. The van der Waals surface area contributed by atoms with Crippen LogP contribution in [0.5, 0.6) is 0 Å². The summed E-state index contributed by atoms with van der Waals surface area (Å²) < 4.78 is 0. The van der Waals surface area contributed by atoms with E-state index in [2.05, 4.69) is 19.2 Å². The third kappa shape index (κ3) is 4.19. The van der Waals surface area contributed by atoms with Crippen molar-refractivity contribution in [2.24, 2.45) is 17.6 Å². The van der Waals surface area contributed by atoms with Crippen LogP contribution >= 0.6 is 0 Å². The first-order valence-electron chi connectivity index (χ1n) is 6.09. The van der Waals surface area contributed by atoms with E-state index in [1.54, 1.807) is 6.92 Å². The lowest BCUT2D eigenvalue weighted by Crippen LogP contribution is -2.27. The summed E-state index contributed by atoms with van der Waals surface area (Å²) in [6.45, 7) is 7.49. The maximum Gasteiger partial charge on any atom is 0.159 e. The van der Waals surface area contributed by atoms with Gasteiger partial charge in [0, 0.05) is 17.8 Å². The zero-order valence-corrected chi connectivity index (χ0v) is 10.9. The summed E-state index contributed by atoms with van der Waals surface area (Å²) in [5, 5.41) is 3.35. The van der Waals surface area contributed by atoms with Gasteiger partial charge in [0.2, 0.25) is 0 Å². The number of carbonyl (C=O) groups is 1. The molecule has 1 rings (SSSR count). The van der Waals surface area contributed by atoms with E-state index in [-0.39, 0.29) is 5.78 Å². The highest BCUT2D eigenvalue weighted by Gasteiger charge is 2.10. The van der Waals surface area contributed by atoms with Crippen molar-refractivity contribution in [1.29, 1.82) is 0 Å². The minimum atomic E-state index is 0.0959. The number of rotatable bonds is 6. The summed E-state index contributed by atoms with van der Waals surface area (Å²) in [5.74, 6) is 1.14. The van der Waals surface area contributed by atoms with Crippen LogP contribution in [0.3, 0.4) is 0 Å². The number of anilines is 1. The molecule has 0 aliphatic heterocycles. The molecule has 3 nitrogen and oxygen atoms in total. The lowest BCUT2D eigenvalue weighted by atomic mass is 9.96. The first-order chi connectivity index (χ1) is 8.04. The largest absolute Gasteiger partial charge is 0.385 e. The average molecular weight is 234 g/mol. The van der Waals surface area contributed by atoms with Crippen LogP contribution in [0.25, 0.3) is 0 Å². The molecule has 0 saturated carbocycles. The van der Waals surface area contributed by atoms with Crippen molar-refractivity contribution in [3.63, 3.8) is 0 Å². The summed E-state index contributed by atoms with van der Waals surface area (Å²) in [6.07, 6.45) is 0. The van der Waals surface area contributed by atoms with Gasteiger partial charge in [-0.3, -0.25) is 4.79 Å². The van der Waals surface area contributed by atoms with Crippen molar-refractivity contribution < 1.29 is 4.79 Å². The molecule has 0 fully saturated rings. The van der Waals surface area contributed by atoms with Crippen molar-refractivity contribution >= 4 is 11.5 Å². The zero-order chi connectivity index (χ0) is 12.8. The molecule has 3 N–H and O–H groups in total. The van der Waals surface area contributed by atoms with Crippen LogP contribution in [-0.4, -0.2) is 18.9 Å². The van der Waals surface area contributed by atoms with Crippen LogP contribution in [0.1, 0.15) is 31.1 Å². The van der Waals surface area contributed by atoms with Crippen LogP contribution in [0.2, 0.25) is 0 Å². The number of hydrogen-bond acceptors (Lipinski definition) is 3. The van der Waals surface area contributed by atoms with Gasteiger partial charge in [0.25, 0.3) is 0 Å². The fourth-order valence-corrected chi connectivity index (χ4v) is 1.66. The van der Waals surface area contributed by atoms with Crippen LogP contribution < -0.4 is 11.1 Å². The van der Waals surface area contributed by atoms with Gasteiger partial charge in [-0.05, 0) is 49.6 Å². The fourth-order valence-electron chi connectivity index (χ4n) is 1.66. The Kier molecular flexibility index (Phi) is 5.16. The molecule has 0 aliphatic rings. The van der Waals surface area contributed by atoms with Gasteiger partial charge in [-0.2, -0.15) is 0 Å². The van der Waals surface area contributed by atoms with Crippen LogP contribution in [0.15, 0.2) is 24.3 Å². The summed E-state index contributed by atoms with van der Waals surface area (Å²) in [6, 6.07) is 7.56. The van der Waals surface area contributed by atoms with E-state index in [1.165, 1.54) is 0 Å². The van der Waals surface area contributed by atoms with E-state index in [9.17, 15) is 4.79 Å². The monoisotopic (exact) mass is 234 g/mol. The Bertz CT molecular complexity index is 357. The molecule has 1 aromatic rings. The van der Waals surface area contributed by atoms with Crippen molar-refractivity contribution in [2.75, 3.05) is 18.4 Å². The van der Waals surface area contributed by atoms with Crippen LogP contribution in [-0.2, 0) is 0 Å². The third-order valence-corrected chi connectivity index (χ3v) is 3.11. The summed E-state index contributed by atoms with van der Waals surface area (Å²) in [4.78, 5) is 11.1. The molecule has 1 atom stereocenters. The second-order valence-electron chi connectivity index (χ2n) is 4.75. The van der Waals surface area contributed by atoms with Crippen LogP contribution in [0.4, 0.5) is 5.69 Å². The molecule has 0 spiro atoms. The molecule has 1 unspecified atom stereocenters. The summed E-state index contributed by atoms with van der Waals surface area (Å²) in [5.41, 5.74) is 7.50. The van der Waals surface area contributed by atoms with E-state index in [0.29, 0.717) is 18.4 Å². The molecule has 0 aliphatic carbocycles. The smallest absolute Gasteiger partial charge is 0.159 e. The number of hydrogen-bond donors (Lipinski definition) is 2. The Morgan fingerprint density at radius 1 is 1.29 bits per heavy atom. The molecule has 1 aromatic carbocycles. The molecule has 0 bridgehead atoms. The van der Waals surface area contributed by atoms with Gasteiger partial charge in [-0.15, -0.1) is 0 Å². The maximum absolute atomic E-state index is 11.1. The van der Waals surface area contributed by atoms with Gasteiger partial charge in [-0.25, -0.2) is 0 Å². The lowest BCUT2D eigenvalue weighted by Gasteiger charge is -2.19. The molecule has 3 heteroatoms. The fraction of sp³-hybridized carbons (Fsp3) is 0.500. The Morgan fingerprint density at radius 3 is 2.29 bits per heavy atom. The van der Waals surface area contributed by atoms with Crippen molar-refractivity contribution in [2.45, 2.75) is 20.8 Å². The quantitative estimate of drug-likeness (QED) is 0.744. The Hall–Kier alpha value is -1.35. The predicted octanol–water partition coefficient (Wildman–Crippen LogP) is 2.53. The number of nitrogens with two attached hydrogens (primary N) is 1. The molecule has 94 valence electrons. The predicted molar refractivity (Wildman–Crippen MR) is 72.3 cm³/mol. The maximum atomic E-state index is 11.1. The molecule has 17 heavy (non-hydrogen) atoms. The molecule has 0 saturated heterocycles. The molecule has 0 heterocycles. The number of nitrogens with one attached hydrogen (secondary N) is 1. The normalized spacial score (nSPS) is 12.5. The Labute approximate surface area is 103 Å². The van der Waals surface area contributed by atoms with Gasteiger partial charge in [0.05, 0.1) is 0 Å². The van der Waals surface area contributed by atoms with Gasteiger partial charge >= 0.3 is 0 Å². The first kappa shape index (κ1) is 13.7. The van der Waals surface area contributed by atoms with Gasteiger partial charge in [0.15, 0.2) is 5.78 Å². The topological polar surface area (TPSA) is 55.1 Å². The molecule has 0 amide bonds. The van der Waals surface area contributed by atoms with Crippen LogP contribution in [0, 0.1) is 11.8 Å². The van der Waals surface area contributed by atoms with Crippen molar-refractivity contribution in [3.05, 3.63) is 29.8 Å². The van der Waals surface area contributed by atoms with Crippen molar-refractivity contribution in [3.8, 4) is 0 Å². The molecule has 0 radical (unpaired) electrons. The lowest BCUT2D eigenvalue weighted by molar-refractivity contribution is 0.101. The third-order valence-electron chi connectivity index (χ3n) is 3.11. The minimum Gasteiger partial charge on any atom is -0.385 e. The molecule has 0 aromatic heterocycles. The minimum absolute atomic E-state index is 0.0959. The SMILES string of the molecule is CC(=O)c1ccc(NCC(CN)C(C)C)cc1. The average Bonchev–Trinajstić information content (AvgIpc) is 2.30. The van der Waals surface area contributed by atoms with Crippen molar-refractivity contribution in [1.82, 2.24) is 0 Å². The highest BCUT2D eigenvalue weighted by molar-refractivity contribution is 5.94. The highest BCUT2D eigenvalue weighted by atomic mass is 16.1. The summed E-state index contributed by atoms with van der Waals surface area (Å²) >= 11 is 0. The Balaban J connectivity index is 2.55. The van der Waals surface area contributed by atoms with Gasteiger partial charge < -0.3 is 11.1 Å². The van der Waals surface area contributed by atoms with E-state index in [1.807, 2.05) is 24.3 Å². The second kappa shape index (κ2) is 6.40. The van der Waals surface area contributed by atoms with Gasteiger partial charge in [0.1, 0.15) is 0 Å². The number of benzene rings is 1. The Morgan fingerprint density at radius 2 is 1.88 bits per heavy atom. The summed E-state index contributed by atoms with van der Waals surface area (Å²) in [7, 11) is 0. The number of ketones is 1. The standard InChI is InChI=1S/C14H22N2O/c1-10(2)13(8-15)9-16-14-6-4-12(5-7-14)11(3)17/h4-7,10,13,16H,8-9,15H2,1-3H3. The van der Waals surface area contributed by atoms with E-state index >= 15 is 0 Å². The van der Waals surface area contributed by atoms with E-state index in [4.69, 9.17) is 5.73 Å². The first-order valence-corrected chi connectivity index (χ1v) is 6.09.